The van der Waals surface area contributed by atoms with Crippen molar-refractivity contribution < 1.29 is 13.2 Å². The first-order valence-electron chi connectivity index (χ1n) is 4.11. The molecule has 0 aliphatic heterocycles. The first-order chi connectivity index (χ1) is 6.89. The molecule has 1 aromatic heterocycles. The van der Waals surface area contributed by atoms with Crippen LogP contribution < -0.4 is 0 Å². The van der Waals surface area contributed by atoms with Crippen molar-refractivity contribution in [1.82, 2.24) is 9.78 Å². The summed E-state index contributed by atoms with van der Waals surface area (Å²) < 4.78 is 38.3. The predicted molar refractivity (Wildman–Crippen MR) is 53.5 cm³/mol. The zero-order chi connectivity index (χ0) is 11.2. The summed E-state index contributed by atoms with van der Waals surface area (Å²) in [6, 6.07) is 4.71. The highest BCUT2D eigenvalue weighted by Gasteiger charge is 2.34. The Kier molecular flexibility index (Phi) is 2.26. The molecule has 6 heteroatoms. The third-order valence-electron chi connectivity index (χ3n) is 2.07. The molecule has 2 aromatic rings. The minimum atomic E-state index is -4.48. The molecule has 2 rings (SSSR count). The van der Waals surface area contributed by atoms with Crippen molar-refractivity contribution in [2.45, 2.75) is 13.2 Å². The molecule has 0 atom stereocenters. The van der Waals surface area contributed by atoms with Crippen LogP contribution in [0.4, 0.5) is 13.2 Å². The third-order valence-corrected chi connectivity index (χ3v) is 2.56. The molecule has 0 saturated heterocycles. The van der Waals surface area contributed by atoms with E-state index in [0.717, 1.165) is 0 Å². The number of hydrogen-bond acceptors (Lipinski definition) is 1. The van der Waals surface area contributed by atoms with Crippen LogP contribution in [0.5, 0.6) is 0 Å². The van der Waals surface area contributed by atoms with Crippen LogP contribution in [0.15, 0.2) is 22.7 Å². The SMILES string of the molecule is Cc1nn(C(F)(F)F)c2cc(Br)ccc12. The van der Waals surface area contributed by atoms with E-state index in [1.807, 2.05) is 0 Å². The van der Waals surface area contributed by atoms with Gasteiger partial charge in [-0.1, -0.05) is 15.9 Å². The van der Waals surface area contributed by atoms with Crippen LogP contribution in [0.3, 0.4) is 0 Å². The Morgan fingerprint density at radius 2 is 2.00 bits per heavy atom. The van der Waals surface area contributed by atoms with Crippen molar-refractivity contribution in [3.63, 3.8) is 0 Å². The number of rotatable bonds is 0. The number of nitrogens with zero attached hydrogens (tertiary/aromatic N) is 2. The third kappa shape index (κ3) is 1.73. The second-order valence-corrected chi connectivity index (χ2v) is 4.04. The maximum absolute atomic E-state index is 12.5. The summed E-state index contributed by atoms with van der Waals surface area (Å²) in [5.74, 6) is 0. The summed E-state index contributed by atoms with van der Waals surface area (Å²) in [5, 5.41) is 3.98. The Bertz CT molecular complexity index is 516. The first kappa shape index (κ1) is 10.5. The average Bonchev–Trinajstić information content (AvgIpc) is 2.42. The molecule has 80 valence electrons. The quantitative estimate of drug-likeness (QED) is 0.720. The Labute approximate surface area is 91.8 Å². The van der Waals surface area contributed by atoms with Crippen LogP contribution in [0, 0.1) is 6.92 Å². The van der Waals surface area contributed by atoms with Gasteiger partial charge in [-0.15, -0.1) is 13.2 Å². The zero-order valence-corrected chi connectivity index (χ0v) is 9.22. The molecule has 0 saturated carbocycles. The van der Waals surface area contributed by atoms with Crippen molar-refractivity contribution in [2.75, 3.05) is 0 Å². The molecule has 0 radical (unpaired) electrons. The van der Waals surface area contributed by atoms with Gasteiger partial charge in [0.15, 0.2) is 0 Å². The van der Waals surface area contributed by atoms with Crippen LogP contribution >= 0.6 is 15.9 Å². The number of fused-ring (bicyclic) bond motifs is 1. The van der Waals surface area contributed by atoms with Gasteiger partial charge in [0.05, 0.1) is 11.2 Å². The van der Waals surface area contributed by atoms with E-state index in [-0.39, 0.29) is 10.2 Å². The van der Waals surface area contributed by atoms with E-state index in [4.69, 9.17) is 0 Å². The molecule has 0 N–H and O–H groups in total. The normalized spacial score (nSPS) is 12.3. The molecule has 0 bridgehead atoms. The molecular formula is C9H6BrF3N2. The zero-order valence-electron chi connectivity index (χ0n) is 7.64. The first-order valence-corrected chi connectivity index (χ1v) is 4.91. The molecule has 0 fully saturated rings. The molecular weight excluding hydrogens is 273 g/mol. The highest BCUT2D eigenvalue weighted by atomic mass is 79.9. The predicted octanol–water partition coefficient (Wildman–Crippen LogP) is 3.58. The fourth-order valence-electron chi connectivity index (χ4n) is 1.44. The lowest BCUT2D eigenvalue weighted by Gasteiger charge is -2.06. The monoisotopic (exact) mass is 278 g/mol. The summed E-state index contributed by atoms with van der Waals surface area (Å²) in [6.07, 6.45) is -4.48. The number of alkyl halides is 3. The summed E-state index contributed by atoms with van der Waals surface area (Å²) in [5.41, 5.74) is 0.434. The minimum absolute atomic E-state index is 0.0642. The average molecular weight is 279 g/mol. The fourth-order valence-corrected chi connectivity index (χ4v) is 1.79. The highest BCUT2D eigenvalue weighted by molar-refractivity contribution is 9.10. The second-order valence-electron chi connectivity index (χ2n) is 3.13. The number of halogens is 4. The Morgan fingerprint density at radius 3 is 2.60 bits per heavy atom. The Hall–Kier alpha value is -1.04. The molecule has 0 aliphatic carbocycles. The largest absolute Gasteiger partial charge is 0.505 e. The summed E-state index contributed by atoms with van der Waals surface area (Å²) >= 11 is 3.13. The summed E-state index contributed by atoms with van der Waals surface area (Å²) in [6.45, 7) is 1.55. The second kappa shape index (κ2) is 3.23. The van der Waals surface area contributed by atoms with Crippen LogP contribution in [0.2, 0.25) is 0 Å². The fraction of sp³-hybridized carbons (Fsp3) is 0.222. The molecule has 2 nitrogen and oxygen atoms in total. The van der Waals surface area contributed by atoms with Crippen LogP contribution in [0.1, 0.15) is 5.69 Å². The highest BCUT2D eigenvalue weighted by Crippen LogP contribution is 2.30. The smallest absolute Gasteiger partial charge is 0.171 e. The van der Waals surface area contributed by atoms with Gasteiger partial charge in [-0.25, -0.2) is 0 Å². The number of hydrogen-bond donors (Lipinski definition) is 0. The van der Waals surface area contributed by atoms with Gasteiger partial charge in [0, 0.05) is 9.86 Å². The molecule has 0 amide bonds. The molecule has 15 heavy (non-hydrogen) atoms. The van der Waals surface area contributed by atoms with E-state index in [2.05, 4.69) is 21.0 Å². The van der Waals surface area contributed by atoms with Gasteiger partial charge in [-0.2, -0.15) is 9.78 Å². The molecule has 0 aliphatic rings. The van der Waals surface area contributed by atoms with Crippen LogP contribution in [-0.4, -0.2) is 9.78 Å². The maximum atomic E-state index is 12.5. The standard InChI is InChI=1S/C9H6BrF3N2/c1-5-7-3-2-6(10)4-8(7)15(14-5)9(11,12)13/h2-4H,1H3. The van der Waals surface area contributed by atoms with Gasteiger partial charge in [0.1, 0.15) is 0 Å². The molecule has 1 heterocycles. The van der Waals surface area contributed by atoms with E-state index >= 15 is 0 Å². The van der Waals surface area contributed by atoms with Crippen molar-refractivity contribution in [3.8, 4) is 0 Å². The van der Waals surface area contributed by atoms with Gasteiger partial charge in [0.2, 0.25) is 0 Å². The molecule has 0 unspecified atom stereocenters. The van der Waals surface area contributed by atoms with Crippen LogP contribution in [0.25, 0.3) is 10.9 Å². The van der Waals surface area contributed by atoms with E-state index in [1.54, 1.807) is 19.1 Å². The molecule has 0 spiro atoms. The Balaban J connectivity index is 2.81. The van der Waals surface area contributed by atoms with Crippen LogP contribution in [-0.2, 0) is 6.30 Å². The number of aromatic nitrogens is 2. The van der Waals surface area contributed by atoms with Crippen molar-refractivity contribution in [3.05, 3.63) is 28.4 Å². The molecule has 1 aromatic carbocycles. The van der Waals surface area contributed by atoms with Crippen molar-refractivity contribution in [1.29, 1.82) is 0 Å². The number of benzene rings is 1. The lowest BCUT2D eigenvalue weighted by molar-refractivity contribution is -0.209. The summed E-state index contributed by atoms with van der Waals surface area (Å²) in [4.78, 5) is 0. The van der Waals surface area contributed by atoms with Gasteiger partial charge in [-0.3, -0.25) is 0 Å². The van der Waals surface area contributed by atoms with Gasteiger partial charge < -0.3 is 0 Å². The van der Waals surface area contributed by atoms with E-state index in [1.165, 1.54) is 6.07 Å². The van der Waals surface area contributed by atoms with Gasteiger partial charge in [-0.05, 0) is 25.1 Å². The lowest BCUT2D eigenvalue weighted by Crippen LogP contribution is -2.18. The van der Waals surface area contributed by atoms with Gasteiger partial charge in [0.25, 0.3) is 0 Å². The van der Waals surface area contributed by atoms with E-state index in [9.17, 15) is 13.2 Å². The topological polar surface area (TPSA) is 17.8 Å². The van der Waals surface area contributed by atoms with E-state index in [0.29, 0.717) is 15.6 Å². The minimum Gasteiger partial charge on any atom is -0.171 e. The number of aryl methyl sites for hydroxylation is 1. The Morgan fingerprint density at radius 1 is 1.33 bits per heavy atom. The summed E-state index contributed by atoms with van der Waals surface area (Å²) in [7, 11) is 0. The van der Waals surface area contributed by atoms with Crippen molar-refractivity contribution in [2.24, 2.45) is 0 Å². The van der Waals surface area contributed by atoms with Gasteiger partial charge >= 0.3 is 6.30 Å². The maximum Gasteiger partial charge on any atom is 0.505 e. The van der Waals surface area contributed by atoms with E-state index < -0.39 is 6.30 Å². The lowest BCUT2D eigenvalue weighted by atomic mass is 10.2. The van der Waals surface area contributed by atoms with Crippen molar-refractivity contribution >= 4 is 26.8 Å².